The van der Waals surface area contributed by atoms with Crippen molar-refractivity contribution in [1.82, 2.24) is 0 Å². The van der Waals surface area contributed by atoms with Crippen LogP contribution in [0.2, 0.25) is 0 Å². The van der Waals surface area contributed by atoms with E-state index in [-0.39, 0.29) is 5.91 Å². The van der Waals surface area contributed by atoms with Crippen LogP contribution in [0, 0.1) is 13.8 Å². The van der Waals surface area contributed by atoms with Gasteiger partial charge in [-0.05, 0) is 43.2 Å². The number of amides is 1. The molecule has 3 nitrogen and oxygen atoms in total. The monoisotopic (exact) mass is 317 g/mol. The summed E-state index contributed by atoms with van der Waals surface area (Å²) in [5, 5.41) is 2.92. The Kier molecular flexibility index (Phi) is 4.62. The fourth-order valence-electron chi connectivity index (χ4n) is 2.53. The maximum atomic E-state index is 12.1. The topological polar surface area (TPSA) is 42.2 Å². The lowest BCUT2D eigenvalue weighted by atomic mass is 10.1. The predicted octanol–water partition coefficient (Wildman–Crippen LogP) is 5.22. The van der Waals surface area contributed by atoms with E-state index in [0.717, 1.165) is 28.1 Å². The first-order valence-corrected chi connectivity index (χ1v) is 7.84. The van der Waals surface area contributed by atoms with Crippen molar-refractivity contribution in [3.8, 4) is 11.3 Å². The number of anilines is 1. The van der Waals surface area contributed by atoms with Gasteiger partial charge in [-0.1, -0.05) is 48.5 Å². The standard InChI is InChI=1S/C21H19NO2/c1-15-7-6-8-16(2)21(15)22-20(23)14-12-18-11-13-19(24-18)17-9-4-3-5-10-17/h3-14H,1-2H3,(H,22,23)/b14-12+. The fraction of sp³-hybridized carbons (Fsp3) is 0.0952. The van der Waals surface area contributed by atoms with Gasteiger partial charge >= 0.3 is 0 Å². The van der Waals surface area contributed by atoms with Crippen molar-refractivity contribution in [3.63, 3.8) is 0 Å². The maximum Gasteiger partial charge on any atom is 0.248 e. The predicted molar refractivity (Wildman–Crippen MR) is 97.7 cm³/mol. The Balaban J connectivity index is 1.70. The first kappa shape index (κ1) is 15.8. The molecule has 1 aromatic heterocycles. The molecular weight excluding hydrogens is 298 g/mol. The summed E-state index contributed by atoms with van der Waals surface area (Å²) in [6.07, 6.45) is 3.16. The molecule has 24 heavy (non-hydrogen) atoms. The number of carbonyl (C=O) groups excluding carboxylic acids is 1. The Morgan fingerprint density at radius 1 is 0.917 bits per heavy atom. The summed E-state index contributed by atoms with van der Waals surface area (Å²) in [5.41, 5.74) is 3.95. The van der Waals surface area contributed by atoms with Crippen LogP contribution in [0.1, 0.15) is 16.9 Å². The summed E-state index contributed by atoms with van der Waals surface area (Å²) in [6, 6.07) is 19.5. The smallest absolute Gasteiger partial charge is 0.248 e. The number of hydrogen-bond donors (Lipinski definition) is 1. The molecule has 1 amide bonds. The van der Waals surface area contributed by atoms with E-state index < -0.39 is 0 Å². The fourth-order valence-corrected chi connectivity index (χ4v) is 2.53. The largest absolute Gasteiger partial charge is 0.457 e. The van der Waals surface area contributed by atoms with Crippen LogP contribution in [-0.4, -0.2) is 5.91 Å². The molecule has 0 fully saturated rings. The molecule has 0 bridgehead atoms. The first-order chi connectivity index (χ1) is 11.6. The summed E-state index contributed by atoms with van der Waals surface area (Å²) < 4.78 is 5.75. The van der Waals surface area contributed by atoms with Crippen LogP contribution in [-0.2, 0) is 4.79 Å². The van der Waals surface area contributed by atoms with Gasteiger partial charge in [-0.25, -0.2) is 0 Å². The van der Waals surface area contributed by atoms with E-state index >= 15 is 0 Å². The molecule has 3 rings (SSSR count). The van der Waals surface area contributed by atoms with Crippen molar-refractivity contribution in [2.75, 3.05) is 5.32 Å². The minimum absolute atomic E-state index is 0.176. The first-order valence-electron chi connectivity index (χ1n) is 7.84. The number of aryl methyl sites for hydroxylation is 2. The van der Waals surface area contributed by atoms with Crippen LogP contribution >= 0.6 is 0 Å². The second kappa shape index (κ2) is 7.01. The highest BCUT2D eigenvalue weighted by atomic mass is 16.3. The average Bonchev–Trinajstić information content (AvgIpc) is 3.06. The molecule has 0 saturated heterocycles. The summed E-state index contributed by atoms with van der Waals surface area (Å²) in [4.78, 5) is 12.1. The quantitative estimate of drug-likeness (QED) is 0.671. The summed E-state index contributed by atoms with van der Waals surface area (Å²) in [6.45, 7) is 3.95. The molecule has 3 aromatic rings. The van der Waals surface area contributed by atoms with Crippen molar-refractivity contribution in [2.45, 2.75) is 13.8 Å². The third-order valence-corrected chi connectivity index (χ3v) is 3.81. The lowest BCUT2D eigenvalue weighted by molar-refractivity contribution is -0.111. The number of para-hydroxylation sites is 1. The molecule has 120 valence electrons. The highest BCUT2D eigenvalue weighted by Gasteiger charge is 2.06. The zero-order chi connectivity index (χ0) is 16.9. The molecule has 1 heterocycles. The van der Waals surface area contributed by atoms with Crippen LogP contribution in [0.4, 0.5) is 5.69 Å². The van der Waals surface area contributed by atoms with Gasteiger partial charge in [0.1, 0.15) is 11.5 Å². The van der Waals surface area contributed by atoms with Gasteiger partial charge in [-0.3, -0.25) is 4.79 Å². The van der Waals surface area contributed by atoms with E-state index in [1.165, 1.54) is 6.08 Å². The van der Waals surface area contributed by atoms with E-state index in [2.05, 4.69) is 5.32 Å². The minimum atomic E-state index is -0.176. The minimum Gasteiger partial charge on any atom is -0.457 e. The summed E-state index contributed by atoms with van der Waals surface area (Å²) in [7, 11) is 0. The van der Waals surface area contributed by atoms with Gasteiger partial charge in [-0.2, -0.15) is 0 Å². The molecule has 0 unspecified atom stereocenters. The molecule has 3 heteroatoms. The molecule has 0 aliphatic heterocycles. The Labute approximate surface area is 141 Å². The van der Waals surface area contributed by atoms with Gasteiger partial charge in [0.2, 0.25) is 5.91 Å². The molecule has 0 aliphatic rings. The average molecular weight is 317 g/mol. The van der Waals surface area contributed by atoms with Crippen LogP contribution in [0.5, 0.6) is 0 Å². The van der Waals surface area contributed by atoms with Crippen molar-refractivity contribution < 1.29 is 9.21 Å². The molecule has 2 aromatic carbocycles. The van der Waals surface area contributed by atoms with Gasteiger partial charge < -0.3 is 9.73 Å². The number of rotatable bonds is 4. The van der Waals surface area contributed by atoms with Gasteiger partial charge in [0.25, 0.3) is 0 Å². The van der Waals surface area contributed by atoms with E-state index in [1.54, 1.807) is 6.08 Å². The Morgan fingerprint density at radius 3 is 2.33 bits per heavy atom. The van der Waals surface area contributed by atoms with E-state index in [1.807, 2.05) is 74.5 Å². The highest BCUT2D eigenvalue weighted by Crippen LogP contribution is 2.23. The highest BCUT2D eigenvalue weighted by molar-refractivity contribution is 6.02. The van der Waals surface area contributed by atoms with Crippen LogP contribution < -0.4 is 5.32 Å². The number of hydrogen-bond acceptors (Lipinski definition) is 2. The molecular formula is C21H19NO2. The van der Waals surface area contributed by atoms with Crippen molar-refractivity contribution in [3.05, 3.63) is 83.6 Å². The number of carbonyl (C=O) groups is 1. The SMILES string of the molecule is Cc1cccc(C)c1NC(=O)/C=C/c1ccc(-c2ccccc2)o1. The zero-order valence-corrected chi connectivity index (χ0v) is 13.7. The number of furan rings is 1. The van der Waals surface area contributed by atoms with Crippen LogP contribution in [0.3, 0.4) is 0 Å². The Morgan fingerprint density at radius 2 is 1.62 bits per heavy atom. The van der Waals surface area contributed by atoms with E-state index in [9.17, 15) is 4.79 Å². The zero-order valence-electron chi connectivity index (χ0n) is 13.7. The lowest BCUT2D eigenvalue weighted by Gasteiger charge is -2.09. The second-order valence-electron chi connectivity index (χ2n) is 5.66. The van der Waals surface area contributed by atoms with Gasteiger partial charge in [-0.15, -0.1) is 0 Å². The van der Waals surface area contributed by atoms with Gasteiger partial charge in [0, 0.05) is 17.3 Å². The molecule has 0 atom stereocenters. The van der Waals surface area contributed by atoms with Gasteiger partial charge in [0.15, 0.2) is 0 Å². The van der Waals surface area contributed by atoms with Crippen molar-refractivity contribution >= 4 is 17.7 Å². The normalized spacial score (nSPS) is 10.9. The van der Waals surface area contributed by atoms with E-state index in [0.29, 0.717) is 5.76 Å². The summed E-state index contributed by atoms with van der Waals surface area (Å²) in [5.74, 6) is 1.25. The lowest BCUT2D eigenvalue weighted by Crippen LogP contribution is -2.10. The Hall–Kier alpha value is -3.07. The van der Waals surface area contributed by atoms with Crippen LogP contribution in [0.25, 0.3) is 17.4 Å². The van der Waals surface area contributed by atoms with Crippen LogP contribution in [0.15, 0.2) is 71.2 Å². The number of benzene rings is 2. The van der Waals surface area contributed by atoms with Crippen molar-refractivity contribution in [1.29, 1.82) is 0 Å². The van der Waals surface area contributed by atoms with E-state index in [4.69, 9.17) is 4.42 Å². The molecule has 0 radical (unpaired) electrons. The molecule has 0 saturated carbocycles. The third-order valence-electron chi connectivity index (χ3n) is 3.81. The summed E-state index contributed by atoms with van der Waals surface area (Å²) >= 11 is 0. The number of nitrogens with one attached hydrogen (secondary N) is 1. The molecule has 0 spiro atoms. The molecule has 1 N–H and O–H groups in total. The second-order valence-corrected chi connectivity index (χ2v) is 5.66. The molecule has 0 aliphatic carbocycles. The van der Waals surface area contributed by atoms with Gasteiger partial charge in [0.05, 0.1) is 0 Å². The third kappa shape index (κ3) is 3.63. The van der Waals surface area contributed by atoms with Crippen molar-refractivity contribution in [2.24, 2.45) is 0 Å². The maximum absolute atomic E-state index is 12.1. The Bertz CT molecular complexity index is 856.